The Morgan fingerprint density at radius 1 is 1.00 bits per heavy atom. The van der Waals surface area contributed by atoms with Crippen molar-refractivity contribution in [2.24, 2.45) is 5.84 Å². The van der Waals surface area contributed by atoms with E-state index in [-0.39, 0.29) is 0 Å². The van der Waals surface area contributed by atoms with Gasteiger partial charge in [0.1, 0.15) is 0 Å². The van der Waals surface area contributed by atoms with Crippen molar-refractivity contribution in [1.29, 1.82) is 0 Å². The number of unbranched alkanes of at least 4 members (excludes halogenated alkanes) is 1. The van der Waals surface area contributed by atoms with Crippen LogP contribution in [0.2, 0.25) is 0 Å². The second-order valence-electron chi connectivity index (χ2n) is 5.03. The standard InChI is InChI=1S/C14H28N6O/c1-4-7-9-11(8-5-2)16-12-17-13(20-15)19-14(18-12)21-10-6-3/h11H,4-10,15H2,1-3H3,(H2,16,17,18,19,20). The molecule has 0 fully saturated rings. The SMILES string of the molecule is CCCCC(CCC)Nc1nc(NN)nc(OCCC)n1. The van der Waals surface area contributed by atoms with Crippen LogP contribution in [0.5, 0.6) is 6.01 Å². The Hall–Kier alpha value is -1.63. The molecule has 0 aliphatic rings. The molecule has 1 aromatic rings. The summed E-state index contributed by atoms with van der Waals surface area (Å²) in [7, 11) is 0. The highest BCUT2D eigenvalue weighted by atomic mass is 16.5. The number of nitrogens with two attached hydrogens (primary N) is 1. The molecule has 7 heteroatoms. The Balaban J connectivity index is 2.77. The quantitative estimate of drug-likeness (QED) is 0.426. The van der Waals surface area contributed by atoms with E-state index < -0.39 is 0 Å². The Morgan fingerprint density at radius 2 is 1.76 bits per heavy atom. The van der Waals surface area contributed by atoms with E-state index in [1.807, 2.05) is 6.92 Å². The van der Waals surface area contributed by atoms with E-state index in [1.54, 1.807) is 0 Å². The number of aromatic nitrogens is 3. The molecule has 1 unspecified atom stereocenters. The molecule has 120 valence electrons. The number of rotatable bonds is 11. The normalized spacial score (nSPS) is 12.0. The van der Waals surface area contributed by atoms with Crippen molar-refractivity contribution >= 4 is 11.9 Å². The largest absolute Gasteiger partial charge is 0.463 e. The van der Waals surface area contributed by atoms with Crippen molar-refractivity contribution in [1.82, 2.24) is 15.0 Å². The summed E-state index contributed by atoms with van der Waals surface area (Å²) in [6, 6.07) is 0.662. The maximum Gasteiger partial charge on any atom is 0.323 e. The van der Waals surface area contributed by atoms with Crippen molar-refractivity contribution in [3.8, 4) is 6.01 Å². The summed E-state index contributed by atoms with van der Waals surface area (Å²) in [4.78, 5) is 12.6. The highest BCUT2D eigenvalue weighted by Crippen LogP contribution is 2.15. The van der Waals surface area contributed by atoms with Crippen LogP contribution in [0.15, 0.2) is 0 Å². The molecule has 0 radical (unpaired) electrons. The summed E-state index contributed by atoms with van der Waals surface area (Å²) in [5, 5.41) is 3.37. The molecule has 1 aromatic heterocycles. The number of hydrogen-bond acceptors (Lipinski definition) is 7. The van der Waals surface area contributed by atoms with E-state index in [0.717, 1.165) is 25.7 Å². The summed E-state index contributed by atoms with van der Waals surface area (Å²) in [6.07, 6.45) is 6.57. The topological polar surface area (TPSA) is 98.0 Å². The molecule has 7 nitrogen and oxygen atoms in total. The molecule has 0 aliphatic heterocycles. The number of ether oxygens (including phenoxy) is 1. The molecule has 0 saturated heterocycles. The number of hydrazine groups is 1. The van der Waals surface area contributed by atoms with Gasteiger partial charge in [-0.2, -0.15) is 15.0 Å². The maximum absolute atomic E-state index is 5.46. The lowest BCUT2D eigenvalue weighted by atomic mass is 10.1. The van der Waals surface area contributed by atoms with Crippen LogP contribution in [0.3, 0.4) is 0 Å². The Kier molecular flexibility index (Phi) is 8.42. The van der Waals surface area contributed by atoms with E-state index >= 15 is 0 Å². The minimum atomic E-state index is 0.299. The summed E-state index contributed by atoms with van der Waals surface area (Å²) >= 11 is 0. The zero-order valence-electron chi connectivity index (χ0n) is 13.4. The maximum atomic E-state index is 5.46. The summed E-state index contributed by atoms with van der Waals surface area (Å²) < 4.78 is 5.46. The Morgan fingerprint density at radius 3 is 2.38 bits per heavy atom. The van der Waals surface area contributed by atoms with Gasteiger partial charge in [0.15, 0.2) is 0 Å². The molecule has 1 atom stereocenters. The first-order chi connectivity index (χ1) is 10.2. The lowest BCUT2D eigenvalue weighted by Crippen LogP contribution is -2.22. The molecule has 0 bridgehead atoms. The van der Waals surface area contributed by atoms with Crippen LogP contribution in [-0.4, -0.2) is 27.6 Å². The number of nitrogen functional groups attached to an aromatic ring is 1. The lowest BCUT2D eigenvalue weighted by molar-refractivity contribution is 0.292. The van der Waals surface area contributed by atoms with E-state index in [2.05, 4.69) is 39.5 Å². The second-order valence-corrected chi connectivity index (χ2v) is 5.03. The molecule has 0 aliphatic carbocycles. The van der Waals surface area contributed by atoms with Gasteiger partial charge in [-0.05, 0) is 19.3 Å². The van der Waals surface area contributed by atoms with Gasteiger partial charge in [0, 0.05) is 6.04 Å². The minimum Gasteiger partial charge on any atom is -0.463 e. The van der Waals surface area contributed by atoms with Crippen LogP contribution >= 0.6 is 0 Å². The number of hydrogen-bond donors (Lipinski definition) is 3. The highest BCUT2D eigenvalue weighted by molar-refractivity contribution is 5.35. The molecule has 21 heavy (non-hydrogen) atoms. The first-order valence-electron chi connectivity index (χ1n) is 7.85. The van der Waals surface area contributed by atoms with Crippen molar-refractivity contribution in [3.05, 3.63) is 0 Å². The van der Waals surface area contributed by atoms with E-state index in [1.165, 1.54) is 12.8 Å². The van der Waals surface area contributed by atoms with E-state index in [0.29, 0.717) is 30.6 Å². The highest BCUT2D eigenvalue weighted by Gasteiger charge is 2.12. The predicted molar refractivity (Wildman–Crippen MR) is 85.3 cm³/mol. The molecule has 0 spiro atoms. The summed E-state index contributed by atoms with van der Waals surface area (Å²) in [5.41, 5.74) is 2.45. The van der Waals surface area contributed by atoms with Crippen molar-refractivity contribution in [2.45, 2.75) is 65.3 Å². The van der Waals surface area contributed by atoms with Crippen molar-refractivity contribution < 1.29 is 4.74 Å². The predicted octanol–water partition coefficient (Wildman–Crippen LogP) is 2.72. The molecule has 1 rings (SSSR count). The van der Waals surface area contributed by atoms with Gasteiger partial charge >= 0.3 is 6.01 Å². The van der Waals surface area contributed by atoms with E-state index in [4.69, 9.17) is 10.6 Å². The smallest absolute Gasteiger partial charge is 0.323 e. The van der Waals surface area contributed by atoms with Gasteiger partial charge in [-0.25, -0.2) is 5.84 Å². The molecule has 0 amide bonds. The van der Waals surface area contributed by atoms with Gasteiger partial charge in [-0.15, -0.1) is 0 Å². The van der Waals surface area contributed by atoms with Crippen LogP contribution in [0.25, 0.3) is 0 Å². The van der Waals surface area contributed by atoms with Crippen molar-refractivity contribution in [2.75, 3.05) is 17.3 Å². The fraction of sp³-hybridized carbons (Fsp3) is 0.786. The number of nitrogens with zero attached hydrogens (tertiary/aromatic N) is 3. The zero-order chi connectivity index (χ0) is 15.5. The Labute approximate surface area is 127 Å². The van der Waals surface area contributed by atoms with Gasteiger partial charge in [-0.3, -0.25) is 5.43 Å². The van der Waals surface area contributed by atoms with Crippen LogP contribution in [0.4, 0.5) is 11.9 Å². The van der Waals surface area contributed by atoms with Gasteiger partial charge in [0.05, 0.1) is 6.61 Å². The first kappa shape index (κ1) is 17.4. The van der Waals surface area contributed by atoms with Gasteiger partial charge in [0.2, 0.25) is 11.9 Å². The molecule has 0 saturated carbocycles. The zero-order valence-corrected chi connectivity index (χ0v) is 13.4. The minimum absolute atomic E-state index is 0.299. The second kappa shape index (κ2) is 10.1. The first-order valence-corrected chi connectivity index (χ1v) is 7.85. The average molecular weight is 296 g/mol. The fourth-order valence-corrected chi connectivity index (χ4v) is 2.01. The van der Waals surface area contributed by atoms with Gasteiger partial charge < -0.3 is 10.1 Å². The van der Waals surface area contributed by atoms with Crippen LogP contribution in [-0.2, 0) is 0 Å². The summed E-state index contributed by atoms with van der Waals surface area (Å²) in [5.74, 6) is 6.22. The number of anilines is 2. The third-order valence-electron chi connectivity index (χ3n) is 3.06. The molecule has 0 aromatic carbocycles. The molecular formula is C14H28N6O. The van der Waals surface area contributed by atoms with Crippen molar-refractivity contribution in [3.63, 3.8) is 0 Å². The third kappa shape index (κ3) is 6.57. The monoisotopic (exact) mass is 296 g/mol. The fourth-order valence-electron chi connectivity index (χ4n) is 2.01. The third-order valence-corrected chi connectivity index (χ3v) is 3.06. The van der Waals surface area contributed by atoms with Gasteiger partial charge in [-0.1, -0.05) is 40.0 Å². The molecular weight excluding hydrogens is 268 g/mol. The van der Waals surface area contributed by atoms with Crippen LogP contribution in [0, 0.1) is 0 Å². The van der Waals surface area contributed by atoms with Gasteiger partial charge in [0.25, 0.3) is 0 Å². The molecule has 4 N–H and O–H groups in total. The summed E-state index contributed by atoms with van der Waals surface area (Å²) in [6.45, 7) is 6.97. The van der Waals surface area contributed by atoms with Crippen LogP contribution < -0.4 is 21.3 Å². The number of nitrogens with one attached hydrogen (secondary N) is 2. The average Bonchev–Trinajstić information content (AvgIpc) is 2.50. The Bertz CT molecular complexity index is 401. The van der Waals surface area contributed by atoms with Crippen LogP contribution in [0.1, 0.15) is 59.3 Å². The lowest BCUT2D eigenvalue weighted by Gasteiger charge is -2.18. The molecule has 1 heterocycles. The van der Waals surface area contributed by atoms with E-state index in [9.17, 15) is 0 Å².